The lowest BCUT2D eigenvalue weighted by Crippen LogP contribution is -2.17. The number of aliphatic hydroxyl groups is 1. The summed E-state index contributed by atoms with van der Waals surface area (Å²) in [6.07, 6.45) is 2.06. The van der Waals surface area contributed by atoms with E-state index >= 15 is 0 Å². The molecule has 0 amide bonds. The van der Waals surface area contributed by atoms with E-state index in [1.807, 2.05) is 0 Å². The average molecular weight is 144 g/mol. The Bertz CT molecular complexity index is 93.6. The Morgan fingerprint density at radius 2 is 2.20 bits per heavy atom. The molecular weight excluding hydrogens is 128 g/mol. The van der Waals surface area contributed by atoms with Crippen LogP contribution >= 0.6 is 0 Å². The van der Waals surface area contributed by atoms with Crippen molar-refractivity contribution in [2.45, 2.75) is 12.8 Å². The number of hydrogen-bond acceptors (Lipinski definition) is 3. The first kappa shape index (κ1) is 9.46. The molecule has 3 heteroatoms. The molecule has 0 unspecified atom stereocenters. The quantitative estimate of drug-likeness (QED) is 0.453. The minimum absolute atomic E-state index is 0.0165. The van der Waals surface area contributed by atoms with Gasteiger partial charge in [-0.05, 0) is 19.4 Å². The molecule has 0 aliphatic rings. The van der Waals surface area contributed by atoms with Crippen molar-refractivity contribution < 1.29 is 5.11 Å². The van der Waals surface area contributed by atoms with Gasteiger partial charge in [-0.3, -0.25) is 0 Å². The first-order valence-electron chi connectivity index (χ1n) is 3.54. The third-order valence-corrected chi connectivity index (χ3v) is 1.20. The molecule has 0 spiro atoms. The minimum atomic E-state index is 0.0165. The molecule has 0 radical (unpaired) electrons. The Morgan fingerprint density at radius 1 is 1.50 bits per heavy atom. The fraction of sp³-hybridized carbons (Fsp3) is 0.714. The monoisotopic (exact) mass is 144 g/mol. The van der Waals surface area contributed by atoms with E-state index in [0.29, 0.717) is 5.70 Å². The highest BCUT2D eigenvalue weighted by Crippen LogP contribution is 1.85. The summed E-state index contributed by atoms with van der Waals surface area (Å²) in [5.41, 5.74) is 5.96. The van der Waals surface area contributed by atoms with Gasteiger partial charge in [0, 0.05) is 12.2 Å². The van der Waals surface area contributed by atoms with E-state index in [4.69, 9.17) is 10.8 Å². The maximum absolute atomic E-state index is 8.50. The summed E-state index contributed by atoms with van der Waals surface area (Å²) in [7, 11) is 0. The molecule has 0 aromatic heterocycles. The molecule has 4 N–H and O–H groups in total. The molecular formula is C7H16N2O. The van der Waals surface area contributed by atoms with Crippen LogP contribution < -0.4 is 11.1 Å². The van der Waals surface area contributed by atoms with Crippen molar-refractivity contribution in [3.05, 3.63) is 12.3 Å². The van der Waals surface area contributed by atoms with E-state index in [9.17, 15) is 0 Å². The molecule has 0 bridgehead atoms. The summed E-state index contributed by atoms with van der Waals surface area (Å²) >= 11 is 0. The number of nitrogens with one attached hydrogen (secondary N) is 1. The molecule has 0 heterocycles. The van der Waals surface area contributed by atoms with Crippen molar-refractivity contribution in [2.75, 3.05) is 19.7 Å². The molecule has 0 rings (SSSR count). The summed E-state index contributed by atoms with van der Waals surface area (Å²) < 4.78 is 0. The lowest BCUT2D eigenvalue weighted by molar-refractivity contribution is 0.322. The van der Waals surface area contributed by atoms with Crippen LogP contribution in [0, 0.1) is 0 Å². The van der Waals surface area contributed by atoms with E-state index in [1.54, 1.807) is 0 Å². The molecule has 0 aliphatic carbocycles. The van der Waals surface area contributed by atoms with E-state index in [2.05, 4.69) is 11.9 Å². The van der Waals surface area contributed by atoms with Gasteiger partial charge in [0.25, 0.3) is 0 Å². The summed E-state index contributed by atoms with van der Waals surface area (Å²) in [4.78, 5) is 0. The highest BCUT2D eigenvalue weighted by Gasteiger charge is 1.88. The molecule has 0 saturated heterocycles. The predicted molar refractivity (Wildman–Crippen MR) is 42.5 cm³/mol. The fourth-order valence-corrected chi connectivity index (χ4v) is 0.590. The van der Waals surface area contributed by atoms with Gasteiger partial charge in [0.15, 0.2) is 0 Å². The van der Waals surface area contributed by atoms with Crippen LogP contribution in [0.3, 0.4) is 0 Å². The number of unbranched alkanes of at least 4 members (excludes halogenated alkanes) is 1. The molecule has 3 nitrogen and oxygen atoms in total. The molecule has 0 saturated carbocycles. The predicted octanol–water partition coefficient (Wildman–Crippen LogP) is -0.179. The second-order valence-electron chi connectivity index (χ2n) is 2.18. The third kappa shape index (κ3) is 5.59. The van der Waals surface area contributed by atoms with Crippen molar-refractivity contribution >= 4 is 0 Å². The minimum Gasteiger partial charge on any atom is -0.390 e. The highest BCUT2D eigenvalue weighted by atomic mass is 16.3. The van der Waals surface area contributed by atoms with Crippen LogP contribution in [0.1, 0.15) is 12.8 Å². The SMILES string of the molecule is C=C(CO)NCCCCN. The molecule has 0 aromatic carbocycles. The van der Waals surface area contributed by atoms with Crippen LogP contribution in [0.5, 0.6) is 0 Å². The van der Waals surface area contributed by atoms with Crippen LogP contribution in [0.15, 0.2) is 12.3 Å². The number of aliphatic hydroxyl groups excluding tert-OH is 1. The van der Waals surface area contributed by atoms with Crippen LogP contribution in [0.2, 0.25) is 0 Å². The van der Waals surface area contributed by atoms with Crippen molar-refractivity contribution in [3.8, 4) is 0 Å². The molecule has 0 atom stereocenters. The van der Waals surface area contributed by atoms with Gasteiger partial charge in [0.2, 0.25) is 0 Å². The van der Waals surface area contributed by atoms with Crippen LogP contribution in [-0.4, -0.2) is 24.8 Å². The van der Waals surface area contributed by atoms with Gasteiger partial charge in [0.05, 0.1) is 6.61 Å². The van der Waals surface area contributed by atoms with Gasteiger partial charge in [-0.1, -0.05) is 6.58 Å². The normalized spacial score (nSPS) is 9.40. The topological polar surface area (TPSA) is 58.3 Å². The van der Waals surface area contributed by atoms with Crippen molar-refractivity contribution in [1.29, 1.82) is 0 Å². The Balaban J connectivity index is 2.96. The van der Waals surface area contributed by atoms with Crippen molar-refractivity contribution in [3.63, 3.8) is 0 Å². The fourth-order valence-electron chi connectivity index (χ4n) is 0.590. The van der Waals surface area contributed by atoms with Gasteiger partial charge >= 0.3 is 0 Å². The average Bonchev–Trinajstić information content (AvgIpc) is 1.98. The third-order valence-electron chi connectivity index (χ3n) is 1.20. The van der Waals surface area contributed by atoms with E-state index in [0.717, 1.165) is 25.9 Å². The Hall–Kier alpha value is -0.540. The van der Waals surface area contributed by atoms with Crippen LogP contribution in [0.25, 0.3) is 0 Å². The second-order valence-corrected chi connectivity index (χ2v) is 2.18. The molecule has 0 fully saturated rings. The molecule has 10 heavy (non-hydrogen) atoms. The van der Waals surface area contributed by atoms with E-state index in [-0.39, 0.29) is 6.61 Å². The number of nitrogens with two attached hydrogens (primary N) is 1. The van der Waals surface area contributed by atoms with Gasteiger partial charge in [-0.25, -0.2) is 0 Å². The zero-order valence-corrected chi connectivity index (χ0v) is 6.27. The van der Waals surface area contributed by atoms with Gasteiger partial charge < -0.3 is 16.2 Å². The summed E-state index contributed by atoms with van der Waals surface area (Å²) in [6.45, 7) is 5.18. The molecule has 60 valence electrons. The second kappa shape index (κ2) is 6.58. The Labute approximate surface area is 61.9 Å². The lowest BCUT2D eigenvalue weighted by atomic mass is 10.3. The Kier molecular flexibility index (Phi) is 6.22. The first-order chi connectivity index (χ1) is 4.81. The smallest absolute Gasteiger partial charge is 0.0821 e. The molecule has 0 aliphatic heterocycles. The Morgan fingerprint density at radius 3 is 2.70 bits per heavy atom. The first-order valence-corrected chi connectivity index (χ1v) is 3.54. The summed E-state index contributed by atoms with van der Waals surface area (Å²) in [6, 6.07) is 0. The maximum atomic E-state index is 8.50. The highest BCUT2D eigenvalue weighted by molar-refractivity contribution is 4.89. The van der Waals surface area contributed by atoms with Crippen molar-refractivity contribution in [2.24, 2.45) is 5.73 Å². The number of rotatable bonds is 6. The van der Waals surface area contributed by atoms with Gasteiger partial charge in [0.1, 0.15) is 0 Å². The van der Waals surface area contributed by atoms with Crippen LogP contribution in [0.4, 0.5) is 0 Å². The summed E-state index contributed by atoms with van der Waals surface area (Å²) in [5.74, 6) is 0. The zero-order valence-electron chi connectivity index (χ0n) is 6.27. The van der Waals surface area contributed by atoms with Gasteiger partial charge in [-0.2, -0.15) is 0 Å². The van der Waals surface area contributed by atoms with E-state index < -0.39 is 0 Å². The lowest BCUT2D eigenvalue weighted by Gasteiger charge is -2.04. The van der Waals surface area contributed by atoms with Gasteiger partial charge in [-0.15, -0.1) is 0 Å². The summed E-state index contributed by atoms with van der Waals surface area (Å²) in [5, 5.41) is 11.5. The van der Waals surface area contributed by atoms with E-state index in [1.165, 1.54) is 0 Å². The largest absolute Gasteiger partial charge is 0.390 e. The zero-order chi connectivity index (χ0) is 7.82. The van der Waals surface area contributed by atoms with Crippen molar-refractivity contribution in [1.82, 2.24) is 5.32 Å². The van der Waals surface area contributed by atoms with Crippen LogP contribution in [-0.2, 0) is 0 Å². The number of hydrogen-bond donors (Lipinski definition) is 3. The molecule has 0 aromatic rings. The standard InChI is InChI=1S/C7H16N2O/c1-7(6-10)9-5-3-2-4-8/h9-10H,1-6,8H2. The maximum Gasteiger partial charge on any atom is 0.0821 e.